The summed E-state index contributed by atoms with van der Waals surface area (Å²) in [6, 6.07) is 9.31. The highest BCUT2D eigenvalue weighted by Crippen LogP contribution is 2.23. The number of piperazine rings is 1. The molecule has 1 N–H and O–H groups in total. The third kappa shape index (κ3) is 2.18. The molecule has 0 bridgehead atoms. The average Bonchev–Trinajstić information content (AvgIpc) is 2.30. The molecule has 1 aliphatic rings. The molecule has 0 aromatic heterocycles. The molecule has 2 atom stereocenters. The van der Waals surface area contributed by atoms with Gasteiger partial charge >= 0.3 is 0 Å². The molecule has 1 heterocycles. The van der Waals surface area contributed by atoms with Gasteiger partial charge in [0.25, 0.3) is 0 Å². The molecule has 4 nitrogen and oxygen atoms in total. The number of rotatable bonds is 2. The van der Waals surface area contributed by atoms with Crippen LogP contribution in [0.1, 0.15) is 6.92 Å². The fourth-order valence-corrected chi connectivity index (χ4v) is 2.38. The number of aliphatic hydroxyl groups is 1. The highest BCUT2D eigenvalue weighted by molar-refractivity contribution is 5.98. The summed E-state index contributed by atoms with van der Waals surface area (Å²) in [5.74, 6) is -0.0278. The maximum absolute atomic E-state index is 12.3. The Morgan fingerprint density at radius 2 is 2.00 bits per heavy atom. The van der Waals surface area contributed by atoms with Gasteiger partial charge in [0.2, 0.25) is 5.91 Å². The van der Waals surface area contributed by atoms with Gasteiger partial charge in [-0.2, -0.15) is 0 Å². The molecule has 1 aromatic carbocycles. The van der Waals surface area contributed by atoms with E-state index in [9.17, 15) is 9.90 Å². The number of hydrogen-bond donors (Lipinski definition) is 1. The summed E-state index contributed by atoms with van der Waals surface area (Å²) in [5, 5.41) is 9.29. The number of carbonyl (C=O) groups is 1. The molecule has 92 valence electrons. The number of para-hydroxylation sites is 1. The van der Waals surface area contributed by atoms with Gasteiger partial charge in [0.15, 0.2) is 0 Å². The van der Waals surface area contributed by atoms with E-state index >= 15 is 0 Å². The lowest BCUT2D eigenvalue weighted by Crippen LogP contribution is -2.61. The van der Waals surface area contributed by atoms with E-state index in [-0.39, 0.29) is 18.6 Å². The molecular weight excluding hydrogens is 216 g/mol. The molecule has 0 radical (unpaired) electrons. The number of nitrogens with zero attached hydrogens (tertiary/aromatic N) is 2. The first-order valence-electron chi connectivity index (χ1n) is 5.84. The van der Waals surface area contributed by atoms with E-state index in [1.165, 1.54) is 0 Å². The van der Waals surface area contributed by atoms with E-state index in [0.717, 1.165) is 12.2 Å². The standard InChI is InChI=1S/C13H18N2O2/c1-10-8-14(2)12(9-16)13(17)15(10)11-6-4-3-5-7-11/h3-7,10,12,16H,8-9H2,1-2H3. The monoisotopic (exact) mass is 234 g/mol. The summed E-state index contributed by atoms with van der Waals surface area (Å²) in [6.07, 6.45) is 0. The molecule has 17 heavy (non-hydrogen) atoms. The quantitative estimate of drug-likeness (QED) is 0.820. The fraction of sp³-hybridized carbons (Fsp3) is 0.462. The minimum absolute atomic E-state index is 0.0278. The van der Waals surface area contributed by atoms with E-state index in [2.05, 4.69) is 0 Å². The number of carbonyl (C=O) groups excluding carboxylic acids is 1. The van der Waals surface area contributed by atoms with Crippen LogP contribution in [-0.4, -0.2) is 48.2 Å². The molecule has 0 saturated carbocycles. The predicted molar refractivity (Wildman–Crippen MR) is 66.9 cm³/mol. The lowest BCUT2D eigenvalue weighted by atomic mass is 10.1. The van der Waals surface area contributed by atoms with Crippen LogP contribution in [0.25, 0.3) is 0 Å². The van der Waals surface area contributed by atoms with Gasteiger partial charge in [-0.15, -0.1) is 0 Å². The van der Waals surface area contributed by atoms with E-state index in [1.54, 1.807) is 4.90 Å². The normalized spacial score (nSPS) is 26.3. The minimum atomic E-state index is -0.425. The van der Waals surface area contributed by atoms with Crippen LogP contribution < -0.4 is 4.90 Å². The Bertz CT molecular complexity index is 394. The molecule has 1 aromatic rings. The van der Waals surface area contributed by atoms with Crippen molar-refractivity contribution in [1.29, 1.82) is 0 Å². The first kappa shape index (κ1) is 12.1. The first-order chi connectivity index (χ1) is 8.15. The third-order valence-corrected chi connectivity index (χ3v) is 3.25. The van der Waals surface area contributed by atoms with E-state index in [1.807, 2.05) is 49.2 Å². The van der Waals surface area contributed by atoms with Crippen molar-refractivity contribution in [2.45, 2.75) is 19.0 Å². The Morgan fingerprint density at radius 1 is 1.35 bits per heavy atom. The molecule has 1 fully saturated rings. The molecule has 0 aliphatic carbocycles. The number of hydrogen-bond acceptors (Lipinski definition) is 3. The van der Waals surface area contributed by atoms with Gasteiger partial charge in [0.05, 0.1) is 6.61 Å². The van der Waals surface area contributed by atoms with Crippen molar-refractivity contribution in [1.82, 2.24) is 4.90 Å². The topological polar surface area (TPSA) is 43.8 Å². The van der Waals surface area contributed by atoms with Crippen LogP contribution in [0.3, 0.4) is 0 Å². The van der Waals surface area contributed by atoms with Gasteiger partial charge in [0, 0.05) is 18.3 Å². The maximum Gasteiger partial charge on any atom is 0.247 e. The van der Waals surface area contributed by atoms with Gasteiger partial charge in [0.1, 0.15) is 6.04 Å². The van der Waals surface area contributed by atoms with Crippen molar-refractivity contribution in [3.63, 3.8) is 0 Å². The summed E-state index contributed by atoms with van der Waals surface area (Å²) in [7, 11) is 1.87. The van der Waals surface area contributed by atoms with Gasteiger partial charge in [-0.3, -0.25) is 9.69 Å². The Kier molecular flexibility index (Phi) is 3.45. The summed E-state index contributed by atoms with van der Waals surface area (Å²) < 4.78 is 0. The zero-order chi connectivity index (χ0) is 12.4. The van der Waals surface area contributed by atoms with Gasteiger partial charge in [-0.05, 0) is 26.1 Å². The average molecular weight is 234 g/mol. The molecular formula is C13H18N2O2. The Labute approximate surface area is 101 Å². The number of likely N-dealkylation sites (N-methyl/N-ethyl adjacent to an activating group) is 1. The largest absolute Gasteiger partial charge is 0.394 e. The zero-order valence-electron chi connectivity index (χ0n) is 10.2. The van der Waals surface area contributed by atoms with Crippen LogP contribution in [0, 0.1) is 0 Å². The minimum Gasteiger partial charge on any atom is -0.394 e. The molecule has 1 aliphatic heterocycles. The van der Waals surface area contributed by atoms with E-state index < -0.39 is 6.04 Å². The lowest BCUT2D eigenvalue weighted by Gasteiger charge is -2.42. The van der Waals surface area contributed by atoms with Crippen molar-refractivity contribution in [3.8, 4) is 0 Å². The van der Waals surface area contributed by atoms with E-state index in [0.29, 0.717) is 0 Å². The molecule has 4 heteroatoms. The second kappa shape index (κ2) is 4.85. The second-order valence-corrected chi connectivity index (χ2v) is 4.53. The van der Waals surface area contributed by atoms with Gasteiger partial charge < -0.3 is 10.0 Å². The predicted octanol–water partition coefficient (Wildman–Crippen LogP) is 0.714. The Hall–Kier alpha value is -1.39. The third-order valence-electron chi connectivity index (χ3n) is 3.25. The number of benzene rings is 1. The van der Waals surface area contributed by atoms with Crippen LogP contribution in [0.2, 0.25) is 0 Å². The van der Waals surface area contributed by atoms with Crippen LogP contribution in [0.5, 0.6) is 0 Å². The highest BCUT2D eigenvalue weighted by Gasteiger charge is 2.36. The van der Waals surface area contributed by atoms with Crippen LogP contribution >= 0.6 is 0 Å². The zero-order valence-corrected chi connectivity index (χ0v) is 10.2. The van der Waals surface area contributed by atoms with Gasteiger partial charge in [-0.1, -0.05) is 18.2 Å². The fourth-order valence-electron chi connectivity index (χ4n) is 2.38. The molecule has 1 amide bonds. The van der Waals surface area contributed by atoms with Crippen molar-refractivity contribution in [3.05, 3.63) is 30.3 Å². The SMILES string of the molecule is CC1CN(C)C(CO)C(=O)N1c1ccccc1. The Balaban J connectivity index is 2.30. The summed E-state index contributed by atoms with van der Waals surface area (Å²) >= 11 is 0. The van der Waals surface area contributed by atoms with Crippen LogP contribution in [0.4, 0.5) is 5.69 Å². The summed E-state index contributed by atoms with van der Waals surface area (Å²) in [4.78, 5) is 16.0. The lowest BCUT2D eigenvalue weighted by molar-refractivity contribution is -0.127. The smallest absolute Gasteiger partial charge is 0.247 e. The molecule has 2 rings (SSSR count). The summed E-state index contributed by atoms with van der Waals surface area (Å²) in [5.41, 5.74) is 0.900. The Morgan fingerprint density at radius 3 is 2.59 bits per heavy atom. The molecule has 0 spiro atoms. The second-order valence-electron chi connectivity index (χ2n) is 4.53. The number of aliphatic hydroxyl groups excluding tert-OH is 1. The van der Waals surface area contributed by atoms with Crippen molar-refractivity contribution in [2.75, 3.05) is 25.1 Å². The van der Waals surface area contributed by atoms with Gasteiger partial charge in [-0.25, -0.2) is 0 Å². The first-order valence-corrected chi connectivity index (χ1v) is 5.84. The molecule has 1 saturated heterocycles. The molecule has 2 unspecified atom stereocenters. The number of amides is 1. The van der Waals surface area contributed by atoms with Crippen molar-refractivity contribution < 1.29 is 9.90 Å². The summed E-state index contributed by atoms with van der Waals surface area (Å²) in [6.45, 7) is 2.66. The maximum atomic E-state index is 12.3. The van der Waals surface area contributed by atoms with Crippen molar-refractivity contribution >= 4 is 11.6 Å². The van der Waals surface area contributed by atoms with E-state index in [4.69, 9.17) is 0 Å². The van der Waals surface area contributed by atoms with Crippen LogP contribution in [0.15, 0.2) is 30.3 Å². The van der Waals surface area contributed by atoms with Crippen LogP contribution in [-0.2, 0) is 4.79 Å². The van der Waals surface area contributed by atoms with Crippen molar-refractivity contribution in [2.24, 2.45) is 0 Å². The number of anilines is 1. The highest BCUT2D eigenvalue weighted by atomic mass is 16.3.